The topological polar surface area (TPSA) is 55.1 Å². The Bertz CT molecular complexity index is 391. The lowest BCUT2D eigenvalue weighted by molar-refractivity contribution is -0.117. The summed E-state index contributed by atoms with van der Waals surface area (Å²) in [4.78, 5) is 10.5. The molecule has 3 nitrogen and oxygen atoms in total. The van der Waals surface area contributed by atoms with Crippen molar-refractivity contribution in [1.82, 2.24) is 5.32 Å². The van der Waals surface area contributed by atoms with Crippen molar-refractivity contribution in [1.29, 1.82) is 0 Å². The van der Waals surface area contributed by atoms with Gasteiger partial charge in [0.2, 0.25) is 5.91 Å². The number of carbonyl (C=O) groups excluding carboxylic acids is 1. The van der Waals surface area contributed by atoms with Crippen LogP contribution in [0.5, 0.6) is 0 Å². The Morgan fingerprint density at radius 3 is 2.71 bits per heavy atom. The third kappa shape index (κ3) is 4.95. The van der Waals surface area contributed by atoms with Gasteiger partial charge in [0.05, 0.1) is 6.54 Å². The lowest BCUT2D eigenvalue weighted by atomic mass is 9.99. The molecule has 0 saturated heterocycles. The smallest absolute Gasteiger partial charge is 0.231 e. The lowest BCUT2D eigenvalue weighted by Crippen LogP contribution is -2.29. The normalized spacial score (nSPS) is 10.8. The molecule has 1 aromatic carbocycles. The second kappa shape index (κ2) is 6.35. The van der Waals surface area contributed by atoms with Gasteiger partial charge in [0.15, 0.2) is 0 Å². The van der Waals surface area contributed by atoms with Crippen molar-refractivity contribution in [3.05, 3.63) is 35.1 Å². The van der Waals surface area contributed by atoms with Crippen molar-refractivity contribution >= 4 is 5.91 Å². The largest absolute Gasteiger partial charge is 0.369 e. The van der Waals surface area contributed by atoms with Gasteiger partial charge in [-0.2, -0.15) is 0 Å². The molecule has 3 N–H and O–H groups in total. The number of halogens is 1. The molecule has 0 fully saturated rings. The first-order valence-corrected chi connectivity index (χ1v) is 5.77. The van der Waals surface area contributed by atoms with Gasteiger partial charge in [-0.3, -0.25) is 4.79 Å². The third-order valence-corrected chi connectivity index (χ3v) is 2.54. The molecule has 4 heteroatoms. The van der Waals surface area contributed by atoms with E-state index in [1.807, 2.05) is 19.9 Å². The Hall–Kier alpha value is -1.42. The molecule has 0 atom stereocenters. The molecule has 0 radical (unpaired) electrons. The lowest BCUT2D eigenvalue weighted by Gasteiger charge is -2.09. The number of amides is 1. The minimum atomic E-state index is -0.382. The van der Waals surface area contributed by atoms with Gasteiger partial charge in [-0.25, -0.2) is 4.39 Å². The van der Waals surface area contributed by atoms with Crippen molar-refractivity contribution in [3.63, 3.8) is 0 Å². The molecule has 1 aromatic rings. The van der Waals surface area contributed by atoms with Crippen LogP contribution in [0.1, 0.15) is 30.9 Å². The van der Waals surface area contributed by atoms with E-state index in [9.17, 15) is 9.18 Å². The van der Waals surface area contributed by atoms with Gasteiger partial charge in [-0.15, -0.1) is 0 Å². The Balaban J connectivity index is 2.55. The van der Waals surface area contributed by atoms with Crippen LogP contribution in [-0.2, 0) is 11.2 Å². The summed E-state index contributed by atoms with van der Waals surface area (Å²) < 4.78 is 13.3. The zero-order chi connectivity index (χ0) is 12.8. The van der Waals surface area contributed by atoms with Gasteiger partial charge in [0.1, 0.15) is 5.82 Å². The molecule has 0 aliphatic heterocycles. The molecule has 0 aliphatic carbocycles. The van der Waals surface area contributed by atoms with Crippen LogP contribution < -0.4 is 11.1 Å². The molecule has 0 bridgehead atoms. The van der Waals surface area contributed by atoms with E-state index in [2.05, 4.69) is 5.32 Å². The zero-order valence-corrected chi connectivity index (χ0v) is 10.3. The summed E-state index contributed by atoms with van der Waals surface area (Å²) in [6.07, 6.45) is 0.685. The molecule has 0 unspecified atom stereocenters. The second-order valence-electron chi connectivity index (χ2n) is 4.44. The highest BCUT2D eigenvalue weighted by Gasteiger charge is 2.04. The molecular weight excluding hydrogens is 219 g/mol. The van der Waals surface area contributed by atoms with Crippen molar-refractivity contribution < 1.29 is 9.18 Å². The summed E-state index contributed by atoms with van der Waals surface area (Å²) in [5, 5.41) is 2.90. The molecule has 17 heavy (non-hydrogen) atoms. The van der Waals surface area contributed by atoms with Crippen LogP contribution >= 0.6 is 0 Å². The van der Waals surface area contributed by atoms with Gasteiger partial charge in [-0.1, -0.05) is 19.9 Å². The highest BCUT2D eigenvalue weighted by atomic mass is 19.1. The maximum Gasteiger partial charge on any atom is 0.231 e. The number of nitrogens with one attached hydrogen (secondary N) is 1. The van der Waals surface area contributed by atoms with E-state index in [0.29, 0.717) is 18.9 Å². The summed E-state index contributed by atoms with van der Waals surface area (Å²) >= 11 is 0. The average molecular weight is 238 g/mol. The van der Waals surface area contributed by atoms with E-state index < -0.39 is 0 Å². The van der Waals surface area contributed by atoms with E-state index in [4.69, 9.17) is 5.73 Å². The summed E-state index contributed by atoms with van der Waals surface area (Å²) in [7, 11) is 0. The molecule has 0 aliphatic rings. The maximum atomic E-state index is 13.3. The van der Waals surface area contributed by atoms with E-state index in [0.717, 1.165) is 11.1 Å². The van der Waals surface area contributed by atoms with E-state index in [-0.39, 0.29) is 18.3 Å². The van der Waals surface area contributed by atoms with Gasteiger partial charge in [0, 0.05) is 0 Å². The maximum absolute atomic E-state index is 13.3. The van der Waals surface area contributed by atoms with Crippen LogP contribution in [0.2, 0.25) is 0 Å². The number of benzene rings is 1. The standard InChI is InChI=1S/C13H19FN2O/c1-9(2)11-5-10(6-12(14)7-11)3-4-16-8-13(15)17/h5-7,9,16H,3-4,8H2,1-2H3,(H2,15,17). The van der Waals surface area contributed by atoms with Crippen LogP contribution in [0.25, 0.3) is 0 Å². The van der Waals surface area contributed by atoms with Crippen LogP contribution in [0.3, 0.4) is 0 Å². The van der Waals surface area contributed by atoms with Crippen LogP contribution in [0, 0.1) is 5.82 Å². The van der Waals surface area contributed by atoms with Crippen LogP contribution in [0.4, 0.5) is 4.39 Å². The predicted molar refractivity (Wildman–Crippen MR) is 66.3 cm³/mol. The molecule has 0 heterocycles. The summed E-state index contributed by atoms with van der Waals surface area (Å²) in [5.74, 6) is -0.281. The van der Waals surface area contributed by atoms with Crippen LogP contribution in [-0.4, -0.2) is 19.0 Å². The fourth-order valence-electron chi connectivity index (χ4n) is 1.60. The number of hydrogen-bond donors (Lipinski definition) is 2. The Morgan fingerprint density at radius 1 is 1.41 bits per heavy atom. The highest BCUT2D eigenvalue weighted by Crippen LogP contribution is 2.18. The number of hydrogen-bond acceptors (Lipinski definition) is 2. The van der Waals surface area contributed by atoms with E-state index in [1.54, 1.807) is 6.07 Å². The Kier molecular flexibility index (Phi) is 5.10. The van der Waals surface area contributed by atoms with Crippen LogP contribution in [0.15, 0.2) is 18.2 Å². The van der Waals surface area contributed by atoms with E-state index >= 15 is 0 Å². The minimum absolute atomic E-state index is 0.159. The molecule has 0 aromatic heterocycles. The van der Waals surface area contributed by atoms with Crippen molar-refractivity contribution in [2.45, 2.75) is 26.2 Å². The third-order valence-electron chi connectivity index (χ3n) is 2.54. The highest BCUT2D eigenvalue weighted by molar-refractivity contribution is 5.75. The first-order chi connectivity index (χ1) is 7.99. The predicted octanol–water partition coefficient (Wildman–Crippen LogP) is 1.57. The summed E-state index contributed by atoms with van der Waals surface area (Å²) in [5.41, 5.74) is 6.93. The average Bonchev–Trinajstić information content (AvgIpc) is 2.23. The van der Waals surface area contributed by atoms with Crippen molar-refractivity contribution in [2.24, 2.45) is 5.73 Å². The molecule has 94 valence electrons. The number of primary amides is 1. The molecule has 0 saturated carbocycles. The molecule has 1 rings (SSSR count). The van der Waals surface area contributed by atoms with Gasteiger partial charge in [-0.05, 0) is 42.1 Å². The molecule has 0 spiro atoms. The van der Waals surface area contributed by atoms with Gasteiger partial charge >= 0.3 is 0 Å². The zero-order valence-electron chi connectivity index (χ0n) is 10.3. The minimum Gasteiger partial charge on any atom is -0.369 e. The fraction of sp³-hybridized carbons (Fsp3) is 0.462. The van der Waals surface area contributed by atoms with E-state index in [1.165, 1.54) is 6.07 Å². The number of carbonyl (C=O) groups is 1. The Labute approximate surface area is 101 Å². The second-order valence-corrected chi connectivity index (χ2v) is 4.44. The number of rotatable bonds is 6. The summed E-state index contributed by atoms with van der Waals surface area (Å²) in [6.45, 7) is 4.84. The van der Waals surface area contributed by atoms with Gasteiger partial charge in [0.25, 0.3) is 0 Å². The first-order valence-electron chi connectivity index (χ1n) is 5.77. The van der Waals surface area contributed by atoms with Crippen molar-refractivity contribution in [3.8, 4) is 0 Å². The molecular formula is C13H19FN2O. The van der Waals surface area contributed by atoms with Gasteiger partial charge < -0.3 is 11.1 Å². The quantitative estimate of drug-likeness (QED) is 0.739. The fourth-order valence-corrected chi connectivity index (χ4v) is 1.60. The number of nitrogens with two attached hydrogens (primary N) is 1. The SMILES string of the molecule is CC(C)c1cc(F)cc(CCNCC(N)=O)c1. The first kappa shape index (κ1) is 13.6. The monoisotopic (exact) mass is 238 g/mol. The summed E-state index contributed by atoms with van der Waals surface area (Å²) in [6, 6.07) is 5.09. The molecule has 1 amide bonds. The van der Waals surface area contributed by atoms with Crippen molar-refractivity contribution in [2.75, 3.05) is 13.1 Å². The Morgan fingerprint density at radius 2 is 2.12 bits per heavy atom.